The molecule has 1 aromatic rings. The predicted molar refractivity (Wildman–Crippen MR) is 115 cm³/mol. The van der Waals surface area contributed by atoms with Crippen LogP contribution in [0.2, 0.25) is 0 Å². The topological polar surface area (TPSA) is 0 Å². The van der Waals surface area contributed by atoms with E-state index in [2.05, 4.69) is 103 Å². The summed E-state index contributed by atoms with van der Waals surface area (Å²) in [5, 5.41) is 0. The van der Waals surface area contributed by atoms with Gasteiger partial charge in [-0.3, -0.25) is 0 Å². The van der Waals surface area contributed by atoms with Gasteiger partial charge in [0.1, 0.15) is 0 Å². The number of fused-ring (bicyclic) bond motifs is 1. The monoisotopic (exact) mass is 346 g/mol. The van der Waals surface area contributed by atoms with Gasteiger partial charge in [0, 0.05) is 5.41 Å². The number of rotatable bonds is 2. The van der Waals surface area contributed by atoms with Crippen molar-refractivity contribution in [3.05, 3.63) is 82.5 Å². The zero-order valence-corrected chi connectivity index (χ0v) is 17.6. The minimum Gasteiger partial charge on any atom is -0.0617 e. The minimum atomic E-state index is 0.0724. The number of aryl methyl sites for hydroxylation is 1. The van der Waals surface area contributed by atoms with Gasteiger partial charge in [-0.15, -0.1) is 0 Å². The molecule has 0 saturated heterocycles. The predicted octanol–water partition coefficient (Wildman–Crippen LogP) is 7.35. The molecular formula is C26H34. The largest absolute Gasteiger partial charge is 0.0617 e. The standard InChI is InChI=1S/C26H34/c1-19-10-8-12-21(13-9-11-19)26(17-24(3,4)5)18-25(6,7)22-15-14-20(2)16-23(22)26/h8-16H,17-18H2,1-7H3. The van der Waals surface area contributed by atoms with Gasteiger partial charge in [0.15, 0.2) is 0 Å². The maximum Gasteiger partial charge on any atom is 0.0219 e. The Morgan fingerprint density at radius 1 is 0.923 bits per heavy atom. The molecule has 2 aliphatic rings. The summed E-state index contributed by atoms with van der Waals surface area (Å²) in [6.07, 6.45) is 15.9. The molecule has 0 aromatic heterocycles. The molecule has 0 N–H and O–H groups in total. The molecule has 0 nitrogen and oxygen atoms in total. The Labute approximate surface area is 160 Å². The quantitative estimate of drug-likeness (QED) is 0.525. The van der Waals surface area contributed by atoms with E-state index in [0.29, 0.717) is 0 Å². The molecule has 1 unspecified atom stereocenters. The Morgan fingerprint density at radius 2 is 1.62 bits per heavy atom. The van der Waals surface area contributed by atoms with Gasteiger partial charge >= 0.3 is 0 Å². The second kappa shape index (κ2) is 6.41. The lowest BCUT2D eigenvalue weighted by Gasteiger charge is -2.39. The van der Waals surface area contributed by atoms with Crippen LogP contribution in [0.5, 0.6) is 0 Å². The highest BCUT2D eigenvalue weighted by Crippen LogP contribution is 2.57. The zero-order chi connectivity index (χ0) is 19.2. The summed E-state index contributed by atoms with van der Waals surface area (Å²) in [6.45, 7) is 16.3. The first kappa shape index (κ1) is 19.0. The maximum absolute atomic E-state index is 2.45. The van der Waals surface area contributed by atoms with Crippen LogP contribution >= 0.6 is 0 Å². The van der Waals surface area contributed by atoms with Crippen molar-refractivity contribution in [2.24, 2.45) is 5.41 Å². The van der Waals surface area contributed by atoms with Gasteiger partial charge in [0.05, 0.1) is 0 Å². The summed E-state index contributed by atoms with van der Waals surface area (Å²) in [5.74, 6) is 0. The normalized spacial score (nSPS) is 24.6. The van der Waals surface area contributed by atoms with Gasteiger partial charge in [0.25, 0.3) is 0 Å². The lowest BCUT2D eigenvalue weighted by molar-refractivity contribution is 0.261. The molecule has 138 valence electrons. The molecule has 0 amide bonds. The highest BCUT2D eigenvalue weighted by molar-refractivity contribution is 5.56. The Bertz CT molecular complexity index is 814. The number of benzene rings is 1. The molecule has 0 saturated carbocycles. The summed E-state index contributed by atoms with van der Waals surface area (Å²) in [6, 6.07) is 7.11. The third-order valence-corrected chi connectivity index (χ3v) is 5.82. The summed E-state index contributed by atoms with van der Waals surface area (Å²) in [7, 11) is 0. The van der Waals surface area contributed by atoms with E-state index in [1.165, 1.54) is 28.7 Å². The molecule has 0 heterocycles. The van der Waals surface area contributed by atoms with Crippen molar-refractivity contribution in [2.45, 2.75) is 72.1 Å². The number of allylic oxidation sites excluding steroid dienone is 8. The SMILES string of the molecule is CC1=CC=CC(C2(CC(C)(C)C)CC(C)(C)c3ccc(C)cc32)=CC=C1. The molecule has 0 aliphatic heterocycles. The fourth-order valence-corrected chi connectivity index (χ4v) is 5.05. The van der Waals surface area contributed by atoms with E-state index in [4.69, 9.17) is 0 Å². The molecule has 0 fully saturated rings. The van der Waals surface area contributed by atoms with Crippen LogP contribution in [-0.2, 0) is 10.8 Å². The summed E-state index contributed by atoms with van der Waals surface area (Å²) in [4.78, 5) is 0. The van der Waals surface area contributed by atoms with Gasteiger partial charge < -0.3 is 0 Å². The van der Waals surface area contributed by atoms with Crippen molar-refractivity contribution >= 4 is 0 Å². The van der Waals surface area contributed by atoms with Crippen LogP contribution in [-0.4, -0.2) is 0 Å². The summed E-state index contributed by atoms with van der Waals surface area (Å²) in [5.41, 5.74) is 7.70. The second-order valence-corrected chi connectivity index (χ2v) is 10.2. The molecule has 2 aliphatic carbocycles. The molecule has 1 atom stereocenters. The number of hydrogen-bond acceptors (Lipinski definition) is 0. The van der Waals surface area contributed by atoms with Gasteiger partial charge in [0.2, 0.25) is 0 Å². The van der Waals surface area contributed by atoms with E-state index < -0.39 is 0 Å². The van der Waals surface area contributed by atoms with Crippen LogP contribution in [0, 0.1) is 12.3 Å². The average Bonchev–Trinajstić information content (AvgIpc) is 2.68. The smallest absolute Gasteiger partial charge is 0.0219 e. The molecule has 26 heavy (non-hydrogen) atoms. The first-order valence-corrected chi connectivity index (χ1v) is 9.89. The molecule has 0 heteroatoms. The average molecular weight is 347 g/mol. The van der Waals surface area contributed by atoms with Crippen LogP contribution in [0.1, 0.15) is 71.1 Å². The second-order valence-electron chi connectivity index (χ2n) is 10.2. The van der Waals surface area contributed by atoms with E-state index in [1.807, 2.05) is 0 Å². The van der Waals surface area contributed by atoms with E-state index >= 15 is 0 Å². The van der Waals surface area contributed by atoms with E-state index in [1.54, 1.807) is 5.56 Å². The van der Waals surface area contributed by atoms with E-state index in [-0.39, 0.29) is 16.2 Å². The summed E-state index contributed by atoms with van der Waals surface area (Å²) < 4.78 is 0. The van der Waals surface area contributed by atoms with E-state index in [9.17, 15) is 0 Å². The highest BCUT2D eigenvalue weighted by Gasteiger charge is 2.50. The highest BCUT2D eigenvalue weighted by atomic mass is 14.5. The Kier molecular flexibility index (Phi) is 4.67. The zero-order valence-electron chi connectivity index (χ0n) is 17.6. The number of hydrogen-bond donors (Lipinski definition) is 0. The van der Waals surface area contributed by atoms with Crippen molar-refractivity contribution in [2.75, 3.05) is 0 Å². The Balaban J connectivity index is 2.24. The van der Waals surface area contributed by atoms with Crippen molar-refractivity contribution < 1.29 is 0 Å². The van der Waals surface area contributed by atoms with Gasteiger partial charge in [-0.25, -0.2) is 0 Å². The third-order valence-electron chi connectivity index (χ3n) is 5.82. The van der Waals surface area contributed by atoms with Crippen molar-refractivity contribution in [1.29, 1.82) is 0 Å². The fraction of sp³-hybridized carbons (Fsp3) is 0.462. The Hall–Kier alpha value is -1.82. The minimum absolute atomic E-state index is 0.0724. The molecule has 0 bridgehead atoms. The van der Waals surface area contributed by atoms with Crippen molar-refractivity contribution in [3.8, 4) is 0 Å². The third kappa shape index (κ3) is 3.52. The fourth-order valence-electron chi connectivity index (χ4n) is 5.05. The summed E-state index contributed by atoms with van der Waals surface area (Å²) >= 11 is 0. The molecule has 0 spiro atoms. The van der Waals surface area contributed by atoms with Crippen LogP contribution in [0.25, 0.3) is 0 Å². The first-order chi connectivity index (χ1) is 12.0. The van der Waals surface area contributed by atoms with Crippen LogP contribution in [0.15, 0.2) is 65.8 Å². The van der Waals surface area contributed by atoms with Crippen molar-refractivity contribution in [3.63, 3.8) is 0 Å². The van der Waals surface area contributed by atoms with Crippen LogP contribution < -0.4 is 0 Å². The lowest BCUT2D eigenvalue weighted by atomic mass is 9.64. The van der Waals surface area contributed by atoms with Crippen molar-refractivity contribution in [1.82, 2.24) is 0 Å². The lowest BCUT2D eigenvalue weighted by Crippen LogP contribution is -2.32. The first-order valence-electron chi connectivity index (χ1n) is 9.89. The van der Waals surface area contributed by atoms with Crippen LogP contribution in [0.4, 0.5) is 0 Å². The molecule has 1 aromatic carbocycles. The van der Waals surface area contributed by atoms with Gasteiger partial charge in [-0.2, -0.15) is 0 Å². The van der Waals surface area contributed by atoms with Crippen LogP contribution in [0.3, 0.4) is 0 Å². The molecule has 0 radical (unpaired) electrons. The van der Waals surface area contributed by atoms with Gasteiger partial charge in [-0.05, 0) is 54.2 Å². The van der Waals surface area contributed by atoms with Gasteiger partial charge in [-0.1, -0.05) is 100 Å². The molecular weight excluding hydrogens is 312 g/mol. The maximum atomic E-state index is 2.45. The molecule has 3 rings (SSSR count). The Morgan fingerprint density at radius 3 is 2.31 bits per heavy atom. The van der Waals surface area contributed by atoms with E-state index in [0.717, 1.165) is 6.42 Å².